The van der Waals surface area contributed by atoms with Gasteiger partial charge in [0.1, 0.15) is 12.1 Å². The lowest BCUT2D eigenvalue weighted by Crippen LogP contribution is -2.29. The zero-order valence-corrected chi connectivity index (χ0v) is 18.6. The van der Waals surface area contributed by atoms with Crippen molar-refractivity contribution in [2.24, 2.45) is 0 Å². The number of aromatic nitrogens is 3. The van der Waals surface area contributed by atoms with Gasteiger partial charge < -0.3 is 15.1 Å². The minimum atomic E-state index is -0.186. The number of pyridine rings is 1. The first-order chi connectivity index (χ1) is 16.2. The molecule has 5 rings (SSSR count). The number of likely N-dealkylation sites (N-methyl/N-ethyl adjacent to an activating group) is 1. The predicted octanol–water partition coefficient (Wildman–Crippen LogP) is 4.09. The Labute approximate surface area is 193 Å². The van der Waals surface area contributed by atoms with Crippen LogP contribution in [0.1, 0.15) is 16.8 Å². The molecular formula is C26H26N6O. The third-order valence-electron chi connectivity index (χ3n) is 5.99. The summed E-state index contributed by atoms with van der Waals surface area (Å²) in [5.74, 6) is 0.730. The van der Waals surface area contributed by atoms with Crippen molar-refractivity contribution in [1.82, 2.24) is 19.9 Å². The van der Waals surface area contributed by atoms with Gasteiger partial charge in [-0.1, -0.05) is 30.3 Å². The molecule has 3 heterocycles. The molecule has 0 bridgehead atoms. The Bertz CT molecular complexity index is 1270. The molecule has 4 aromatic rings. The summed E-state index contributed by atoms with van der Waals surface area (Å²) >= 11 is 0. The van der Waals surface area contributed by atoms with Crippen molar-refractivity contribution in [3.63, 3.8) is 0 Å². The molecule has 1 aliphatic heterocycles. The van der Waals surface area contributed by atoms with Gasteiger partial charge in [-0.25, -0.2) is 15.0 Å². The van der Waals surface area contributed by atoms with Crippen molar-refractivity contribution < 1.29 is 4.79 Å². The number of carbonyl (C=O) groups is 1. The van der Waals surface area contributed by atoms with Crippen LogP contribution in [0, 0.1) is 0 Å². The van der Waals surface area contributed by atoms with E-state index in [0.717, 1.165) is 60.6 Å². The second-order valence-corrected chi connectivity index (χ2v) is 8.32. The van der Waals surface area contributed by atoms with Gasteiger partial charge in [0.15, 0.2) is 0 Å². The van der Waals surface area contributed by atoms with Crippen LogP contribution in [0.15, 0.2) is 73.2 Å². The summed E-state index contributed by atoms with van der Waals surface area (Å²) in [5, 5.41) is 3.96. The van der Waals surface area contributed by atoms with Gasteiger partial charge in [-0.05, 0) is 50.3 Å². The minimum Gasteiger partial charge on any atom is -0.355 e. The second-order valence-electron chi connectivity index (χ2n) is 8.32. The molecule has 7 nitrogen and oxygen atoms in total. The maximum absolute atomic E-state index is 12.9. The highest BCUT2D eigenvalue weighted by Gasteiger charge is 2.15. The Morgan fingerprint density at radius 1 is 0.909 bits per heavy atom. The van der Waals surface area contributed by atoms with Crippen molar-refractivity contribution in [2.45, 2.75) is 6.42 Å². The first kappa shape index (κ1) is 21.0. The van der Waals surface area contributed by atoms with Crippen LogP contribution in [0.25, 0.3) is 22.2 Å². The van der Waals surface area contributed by atoms with E-state index in [1.807, 2.05) is 60.7 Å². The summed E-state index contributed by atoms with van der Waals surface area (Å²) in [6, 6.07) is 19.4. The van der Waals surface area contributed by atoms with Crippen molar-refractivity contribution in [3.8, 4) is 11.3 Å². The fourth-order valence-electron chi connectivity index (χ4n) is 4.17. The van der Waals surface area contributed by atoms with E-state index in [1.165, 1.54) is 0 Å². The second kappa shape index (κ2) is 9.34. The summed E-state index contributed by atoms with van der Waals surface area (Å²) < 4.78 is 0. The molecule has 0 atom stereocenters. The Kier molecular flexibility index (Phi) is 5.95. The first-order valence-corrected chi connectivity index (χ1v) is 11.2. The van der Waals surface area contributed by atoms with E-state index in [1.54, 1.807) is 12.5 Å². The molecule has 7 heteroatoms. The maximum atomic E-state index is 12.9. The number of nitrogens with one attached hydrogen (secondary N) is 1. The summed E-state index contributed by atoms with van der Waals surface area (Å²) in [6.07, 6.45) is 4.33. The van der Waals surface area contributed by atoms with E-state index >= 15 is 0 Å². The highest BCUT2D eigenvalue weighted by Crippen LogP contribution is 2.27. The van der Waals surface area contributed by atoms with Crippen molar-refractivity contribution in [2.75, 3.05) is 43.4 Å². The SMILES string of the molecule is CN1CCCN(c2ccc(C(=O)Nc3cccc(-c4ncnc5ccccc45)c3)cn2)CC1. The molecule has 1 fully saturated rings. The standard InChI is InChI=1S/C26H26N6O/c1-31-12-5-13-32(15-14-31)24-11-10-20(17-27-24)26(33)30-21-7-4-6-19(16-21)25-22-8-2-3-9-23(22)28-18-29-25/h2-4,6-11,16-18H,5,12-15H2,1H3,(H,30,33). The molecule has 166 valence electrons. The van der Waals surface area contributed by atoms with Gasteiger partial charge in [0, 0.05) is 42.5 Å². The number of benzene rings is 2. The number of rotatable bonds is 4. The van der Waals surface area contributed by atoms with E-state index in [2.05, 4.69) is 37.1 Å². The Balaban J connectivity index is 1.32. The zero-order valence-electron chi connectivity index (χ0n) is 18.6. The lowest BCUT2D eigenvalue weighted by molar-refractivity contribution is 0.102. The molecule has 1 saturated heterocycles. The third kappa shape index (κ3) is 4.68. The summed E-state index contributed by atoms with van der Waals surface area (Å²) in [4.78, 5) is 30.8. The van der Waals surface area contributed by atoms with Gasteiger partial charge in [-0.15, -0.1) is 0 Å². The van der Waals surface area contributed by atoms with Crippen LogP contribution in [-0.2, 0) is 0 Å². The monoisotopic (exact) mass is 438 g/mol. The molecule has 2 aromatic carbocycles. The van der Waals surface area contributed by atoms with Crippen LogP contribution in [0.3, 0.4) is 0 Å². The number of hydrogen-bond acceptors (Lipinski definition) is 6. The van der Waals surface area contributed by atoms with Crippen molar-refractivity contribution in [1.29, 1.82) is 0 Å². The third-order valence-corrected chi connectivity index (χ3v) is 5.99. The molecule has 0 unspecified atom stereocenters. The van der Waals surface area contributed by atoms with Crippen LogP contribution in [-0.4, -0.2) is 59.0 Å². The van der Waals surface area contributed by atoms with Gasteiger partial charge in [0.05, 0.1) is 16.8 Å². The highest BCUT2D eigenvalue weighted by molar-refractivity contribution is 6.04. The van der Waals surface area contributed by atoms with E-state index < -0.39 is 0 Å². The lowest BCUT2D eigenvalue weighted by atomic mass is 10.1. The Morgan fingerprint density at radius 2 is 1.82 bits per heavy atom. The largest absolute Gasteiger partial charge is 0.355 e. The number of para-hydroxylation sites is 1. The molecular weight excluding hydrogens is 412 g/mol. The van der Waals surface area contributed by atoms with Gasteiger partial charge >= 0.3 is 0 Å². The summed E-state index contributed by atoms with van der Waals surface area (Å²) in [7, 11) is 2.15. The highest BCUT2D eigenvalue weighted by atomic mass is 16.1. The fourth-order valence-corrected chi connectivity index (χ4v) is 4.17. The topological polar surface area (TPSA) is 74.2 Å². The fraction of sp³-hybridized carbons (Fsp3) is 0.231. The molecule has 2 aromatic heterocycles. The van der Waals surface area contributed by atoms with Gasteiger partial charge in [0.25, 0.3) is 5.91 Å². The quantitative estimate of drug-likeness (QED) is 0.517. The number of fused-ring (bicyclic) bond motifs is 1. The van der Waals surface area contributed by atoms with Crippen LogP contribution < -0.4 is 10.2 Å². The number of amides is 1. The lowest BCUT2D eigenvalue weighted by Gasteiger charge is -2.21. The average Bonchev–Trinajstić information content (AvgIpc) is 3.08. The Hall–Kier alpha value is -3.84. The molecule has 0 radical (unpaired) electrons. The van der Waals surface area contributed by atoms with E-state index in [9.17, 15) is 4.79 Å². The first-order valence-electron chi connectivity index (χ1n) is 11.2. The van der Waals surface area contributed by atoms with Gasteiger partial charge in [0.2, 0.25) is 0 Å². The van der Waals surface area contributed by atoms with Gasteiger partial charge in [-0.2, -0.15) is 0 Å². The maximum Gasteiger partial charge on any atom is 0.257 e. The van der Waals surface area contributed by atoms with E-state index in [-0.39, 0.29) is 5.91 Å². The number of anilines is 2. The van der Waals surface area contributed by atoms with Crippen LogP contribution in [0.5, 0.6) is 0 Å². The molecule has 1 amide bonds. The molecule has 33 heavy (non-hydrogen) atoms. The average molecular weight is 439 g/mol. The van der Waals surface area contributed by atoms with Crippen LogP contribution in [0.2, 0.25) is 0 Å². The van der Waals surface area contributed by atoms with E-state index in [4.69, 9.17) is 0 Å². The van der Waals surface area contributed by atoms with E-state index in [0.29, 0.717) is 11.3 Å². The van der Waals surface area contributed by atoms with Crippen LogP contribution >= 0.6 is 0 Å². The normalized spacial score (nSPS) is 14.8. The Morgan fingerprint density at radius 3 is 2.70 bits per heavy atom. The minimum absolute atomic E-state index is 0.186. The molecule has 0 aliphatic carbocycles. The molecule has 1 N–H and O–H groups in total. The smallest absolute Gasteiger partial charge is 0.257 e. The van der Waals surface area contributed by atoms with Crippen molar-refractivity contribution in [3.05, 3.63) is 78.8 Å². The molecule has 1 aliphatic rings. The summed E-state index contributed by atoms with van der Waals surface area (Å²) in [6.45, 7) is 4.04. The summed E-state index contributed by atoms with van der Waals surface area (Å²) in [5.41, 5.74) is 3.89. The van der Waals surface area contributed by atoms with Crippen LogP contribution in [0.4, 0.5) is 11.5 Å². The number of nitrogens with zero attached hydrogens (tertiary/aromatic N) is 5. The van der Waals surface area contributed by atoms with Crippen molar-refractivity contribution >= 4 is 28.3 Å². The van der Waals surface area contributed by atoms with Gasteiger partial charge in [-0.3, -0.25) is 4.79 Å². The molecule has 0 spiro atoms. The molecule has 0 saturated carbocycles. The number of hydrogen-bond donors (Lipinski definition) is 1. The predicted molar refractivity (Wildman–Crippen MR) is 131 cm³/mol. The zero-order chi connectivity index (χ0) is 22.6. The number of carbonyl (C=O) groups excluding carboxylic acids is 1.